The number of hydrogen-bond acceptors (Lipinski definition) is 4. The number of rotatable bonds is 4. The summed E-state index contributed by atoms with van der Waals surface area (Å²) in [5.74, 6) is 1.70. The van der Waals surface area contributed by atoms with Crippen LogP contribution in [0.2, 0.25) is 0 Å². The molecule has 0 aliphatic heterocycles. The van der Waals surface area contributed by atoms with Gasteiger partial charge in [-0.05, 0) is 12.2 Å². The van der Waals surface area contributed by atoms with Crippen molar-refractivity contribution in [3.63, 3.8) is 0 Å². The maximum atomic E-state index is 5.49. The summed E-state index contributed by atoms with van der Waals surface area (Å²) in [5, 5.41) is 8.39. The molecule has 0 saturated heterocycles. The van der Waals surface area contributed by atoms with Gasteiger partial charge in [0, 0.05) is 24.8 Å². The number of nitrogens with one attached hydrogen (secondary N) is 1. The van der Waals surface area contributed by atoms with Crippen LogP contribution in [0.4, 0.5) is 0 Å². The van der Waals surface area contributed by atoms with Gasteiger partial charge >= 0.3 is 0 Å². The van der Waals surface area contributed by atoms with Crippen LogP contribution in [-0.2, 0) is 5.41 Å². The second-order valence-electron chi connectivity index (χ2n) is 4.82. The van der Waals surface area contributed by atoms with Crippen LogP contribution >= 0.6 is 24.0 Å². The second kappa shape index (κ2) is 5.68. The van der Waals surface area contributed by atoms with Crippen LogP contribution in [0, 0.1) is 0 Å². The van der Waals surface area contributed by atoms with Gasteiger partial charge in [-0.15, -0.1) is 0 Å². The van der Waals surface area contributed by atoms with Crippen molar-refractivity contribution in [2.45, 2.75) is 31.3 Å². The van der Waals surface area contributed by atoms with E-state index >= 15 is 0 Å². The van der Waals surface area contributed by atoms with Gasteiger partial charge in [-0.2, -0.15) is 5.10 Å². The van der Waals surface area contributed by atoms with E-state index in [1.165, 1.54) is 0 Å². The monoisotopic (exact) mass is 273 g/mol. The maximum absolute atomic E-state index is 5.49. The Balaban J connectivity index is 2.43. The summed E-state index contributed by atoms with van der Waals surface area (Å²) in [7, 11) is 1.88. The molecular weight excluding hydrogens is 254 g/mol. The molecule has 1 heterocycles. The smallest absolute Gasteiger partial charge is 0.183 e. The van der Waals surface area contributed by atoms with Gasteiger partial charge in [-0.3, -0.25) is 5.10 Å². The van der Waals surface area contributed by atoms with Crippen LogP contribution < -0.4 is 5.73 Å². The van der Waals surface area contributed by atoms with Gasteiger partial charge < -0.3 is 10.6 Å². The molecular formula is C10H19N5S2. The van der Waals surface area contributed by atoms with Crippen molar-refractivity contribution >= 4 is 29.1 Å². The van der Waals surface area contributed by atoms with Crippen molar-refractivity contribution in [2.75, 3.05) is 19.3 Å². The van der Waals surface area contributed by atoms with Gasteiger partial charge in [0.25, 0.3) is 0 Å². The molecule has 0 aromatic carbocycles. The maximum Gasteiger partial charge on any atom is 0.183 e. The quantitative estimate of drug-likeness (QED) is 0.638. The highest BCUT2D eigenvalue weighted by Crippen LogP contribution is 2.20. The Labute approximate surface area is 112 Å². The van der Waals surface area contributed by atoms with Crippen LogP contribution in [0.3, 0.4) is 0 Å². The van der Waals surface area contributed by atoms with Crippen LogP contribution in [-0.4, -0.2) is 44.5 Å². The van der Waals surface area contributed by atoms with E-state index in [0.29, 0.717) is 5.11 Å². The Bertz CT molecular complexity index is 382. The third kappa shape index (κ3) is 4.51. The summed E-state index contributed by atoms with van der Waals surface area (Å²) in [6.45, 7) is 7.06. The molecule has 0 saturated carbocycles. The molecule has 0 amide bonds. The normalized spacial score (nSPS) is 11.5. The molecule has 96 valence electrons. The van der Waals surface area contributed by atoms with Crippen molar-refractivity contribution in [3.8, 4) is 0 Å². The molecule has 0 fully saturated rings. The van der Waals surface area contributed by atoms with E-state index in [2.05, 4.69) is 36.0 Å². The summed E-state index contributed by atoms with van der Waals surface area (Å²) in [5.41, 5.74) is 5.47. The average molecular weight is 273 g/mol. The summed E-state index contributed by atoms with van der Waals surface area (Å²) in [6, 6.07) is 0. The van der Waals surface area contributed by atoms with Crippen LogP contribution in [0.15, 0.2) is 5.16 Å². The minimum atomic E-state index is -0.0229. The number of hydrogen-bond donors (Lipinski definition) is 2. The molecule has 0 atom stereocenters. The third-order valence-electron chi connectivity index (χ3n) is 2.18. The zero-order valence-electron chi connectivity index (χ0n) is 10.6. The van der Waals surface area contributed by atoms with E-state index in [1.807, 2.05) is 11.9 Å². The van der Waals surface area contributed by atoms with Crippen LogP contribution in [0.1, 0.15) is 26.6 Å². The van der Waals surface area contributed by atoms with Gasteiger partial charge in [0.15, 0.2) is 16.1 Å². The lowest BCUT2D eigenvalue weighted by Crippen LogP contribution is -2.33. The van der Waals surface area contributed by atoms with E-state index in [1.54, 1.807) is 11.8 Å². The molecule has 3 N–H and O–H groups in total. The zero-order chi connectivity index (χ0) is 13.1. The first-order valence-corrected chi connectivity index (χ1v) is 6.76. The Morgan fingerprint density at radius 1 is 1.53 bits per heavy atom. The Kier molecular flexibility index (Phi) is 4.76. The fraction of sp³-hybridized carbons (Fsp3) is 0.700. The van der Waals surface area contributed by atoms with Gasteiger partial charge in [0.2, 0.25) is 0 Å². The fourth-order valence-electron chi connectivity index (χ4n) is 1.04. The molecule has 1 rings (SSSR count). The standard InChI is InChI=1S/C10H19N5S2/c1-10(2,3)7-12-9(14-13-7)17-6-5-15(4)8(11)16/h5-6H2,1-4H3,(H2,11,16)(H,12,13,14). The number of aromatic nitrogens is 3. The number of nitrogens with two attached hydrogens (primary N) is 1. The fourth-order valence-corrected chi connectivity index (χ4v) is 1.95. The Morgan fingerprint density at radius 3 is 2.65 bits per heavy atom. The molecule has 7 heteroatoms. The number of aromatic amines is 1. The Hall–Kier alpha value is -0.820. The van der Waals surface area contributed by atoms with Gasteiger partial charge in [0.1, 0.15) is 0 Å². The highest BCUT2D eigenvalue weighted by molar-refractivity contribution is 7.99. The summed E-state index contributed by atoms with van der Waals surface area (Å²) in [4.78, 5) is 6.27. The molecule has 17 heavy (non-hydrogen) atoms. The van der Waals surface area contributed by atoms with Gasteiger partial charge in [-0.1, -0.05) is 32.5 Å². The molecule has 0 radical (unpaired) electrons. The average Bonchev–Trinajstić information content (AvgIpc) is 2.65. The molecule has 0 bridgehead atoms. The lowest BCUT2D eigenvalue weighted by atomic mass is 9.96. The minimum Gasteiger partial charge on any atom is -0.376 e. The summed E-state index contributed by atoms with van der Waals surface area (Å²) in [6.07, 6.45) is 0. The molecule has 0 aliphatic carbocycles. The number of thioether (sulfide) groups is 1. The largest absolute Gasteiger partial charge is 0.376 e. The highest BCUT2D eigenvalue weighted by Gasteiger charge is 2.19. The summed E-state index contributed by atoms with van der Waals surface area (Å²) >= 11 is 6.48. The topological polar surface area (TPSA) is 70.8 Å². The van der Waals surface area contributed by atoms with E-state index < -0.39 is 0 Å². The predicted octanol–water partition coefficient (Wildman–Crippen LogP) is 1.37. The summed E-state index contributed by atoms with van der Waals surface area (Å²) < 4.78 is 0. The Morgan fingerprint density at radius 2 is 2.18 bits per heavy atom. The first-order valence-electron chi connectivity index (χ1n) is 5.37. The van der Waals surface area contributed by atoms with E-state index in [9.17, 15) is 0 Å². The molecule has 0 aliphatic rings. The molecule has 5 nitrogen and oxygen atoms in total. The molecule has 1 aromatic heterocycles. The van der Waals surface area contributed by atoms with Crippen molar-refractivity contribution in [3.05, 3.63) is 5.82 Å². The zero-order valence-corrected chi connectivity index (χ0v) is 12.3. The van der Waals surface area contributed by atoms with E-state index in [0.717, 1.165) is 23.3 Å². The highest BCUT2D eigenvalue weighted by atomic mass is 32.2. The lowest BCUT2D eigenvalue weighted by Gasteiger charge is -2.15. The van der Waals surface area contributed by atoms with Crippen LogP contribution in [0.25, 0.3) is 0 Å². The van der Waals surface area contributed by atoms with Gasteiger partial charge in [0.05, 0.1) is 0 Å². The van der Waals surface area contributed by atoms with Crippen molar-refractivity contribution in [1.82, 2.24) is 20.1 Å². The SMILES string of the molecule is CN(CCSc1nc(C(C)(C)C)n[nH]1)C(N)=S. The molecule has 1 aromatic rings. The molecule has 0 spiro atoms. The number of thiocarbonyl (C=S) groups is 1. The van der Waals surface area contributed by atoms with Crippen molar-refractivity contribution in [2.24, 2.45) is 5.73 Å². The first-order chi connectivity index (χ1) is 7.80. The first kappa shape index (κ1) is 14.2. The lowest BCUT2D eigenvalue weighted by molar-refractivity contribution is 0.544. The van der Waals surface area contributed by atoms with Crippen molar-refractivity contribution in [1.29, 1.82) is 0 Å². The predicted molar refractivity (Wildman–Crippen MR) is 75.2 cm³/mol. The van der Waals surface area contributed by atoms with Crippen molar-refractivity contribution < 1.29 is 0 Å². The van der Waals surface area contributed by atoms with Crippen LogP contribution in [0.5, 0.6) is 0 Å². The number of nitrogens with zero attached hydrogens (tertiary/aromatic N) is 3. The number of H-pyrrole nitrogens is 1. The van der Waals surface area contributed by atoms with Gasteiger partial charge in [-0.25, -0.2) is 4.98 Å². The third-order valence-corrected chi connectivity index (χ3v) is 3.33. The minimum absolute atomic E-state index is 0.0229. The van der Waals surface area contributed by atoms with E-state index in [4.69, 9.17) is 18.0 Å². The second-order valence-corrected chi connectivity index (χ2v) is 6.32. The molecule has 0 unspecified atom stereocenters. The van der Waals surface area contributed by atoms with E-state index in [-0.39, 0.29) is 5.41 Å².